The summed E-state index contributed by atoms with van der Waals surface area (Å²) in [5, 5.41) is 8.28. The maximum absolute atomic E-state index is 10.1. The van der Waals surface area contributed by atoms with Crippen LogP contribution in [-0.2, 0) is 4.79 Å². The zero-order chi connectivity index (χ0) is 6.85. The third kappa shape index (κ3) is 1.88. The summed E-state index contributed by atoms with van der Waals surface area (Å²) in [6, 6.07) is -0.0278. The molecule has 5 heteroatoms. The molecule has 2 amide bonds. The lowest BCUT2D eigenvalue weighted by Crippen LogP contribution is -2.29. The highest BCUT2D eigenvalue weighted by Crippen LogP contribution is 2.25. The molecule has 1 aliphatic carbocycles. The van der Waals surface area contributed by atoms with E-state index in [1.54, 1.807) is 0 Å². The van der Waals surface area contributed by atoms with Crippen LogP contribution in [0.3, 0.4) is 0 Å². The second-order valence-electron chi connectivity index (χ2n) is 2.03. The molecule has 0 saturated heterocycles. The molecular formula is C5H8ClNO3. The monoisotopic (exact) mass is 165 g/mol. The first kappa shape index (κ1) is 9.23. The first-order valence-electron chi connectivity index (χ1n) is 2.72. The van der Waals surface area contributed by atoms with Gasteiger partial charge in [-0.2, -0.15) is 0 Å². The molecule has 58 valence electrons. The van der Waals surface area contributed by atoms with Gasteiger partial charge in [-0.25, -0.2) is 9.69 Å². The van der Waals surface area contributed by atoms with Gasteiger partial charge in [-0.3, -0.25) is 4.79 Å². The van der Waals surface area contributed by atoms with Crippen molar-refractivity contribution >= 4 is 24.9 Å². The summed E-state index contributed by atoms with van der Waals surface area (Å²) in [5.41, 5.74) is 0. The number of amides is 2. The van der Waals surface area contributed by atoms with Crippen molar-refractivity contribution in [3.05, 3.63) is 0 Å². The lowest BCUT2D eigenvalue weighted by molar-refractivity contribution is -0.116. The van der Waals surface area contributed by atoms with Gasteiger partial charge in [-0.15, -0.1) is 12.4 Å². The summed E-state index contributed by atoms with van der Waals surface area (Å²) < 4.78 is 0. The van der Waals surface area contributed by atoms with E-state index >= 15 is 0 Å². The highest BCUT2D eigenvalue weighted by Gasteiger charge is 2.31. The zero-order valence-electron chi connectivity index (χ0n) is 5.19. The SMILES string of the molecule is Cl.O=CN(C(=O)O)C1CC1. The second kappa shape index (κ2) is 3.41. The molecule has 1 fully saturated rings. The van der Waals surface area contributed by atoms with E-state index in [1.807, 2.05) is 0 Å². The smallest absolute Gasteiger partial charge is 0.414 e. The Hall–Kier alpha value is -0.770. The Morgan fingerprint density at radius 3 is 2.20 bits per heavy atom. The molecule has 1 N–H and O–H groups in total. The molecule has 4 nitrogen and oxygen atoms in total. The number of hydrogen-bond acceptors (Lipinski definition) is 2. The third-order valence-corrected chi connectivity index (χ3v) is 1.27. The highest BCUT2D eigenvalue weighted by atomic mass is 35.5. The van der Waals surface area contributed by atoms with Gasteiger partial charge in [0, 0.05) is 6.04 Å². The van der Waals surface area contributed by atoms with Gasteiger partial charge in [0.25, 0.3) is 0 Å². The molecule has 0 heterocycles. The molecule has 0 bridgehead atoms. The summed E-state index contributed by atoms with van der Waals surface area (Å²) in [7, 11) is 0. The molecule has 0 aromatic carbocycles. The van der Waals surface area contributed by atoms with Crippen molar-refractivity contribution in [2.24, 2.45) is 0 Å². The van der Waals surface area contributed by atoms with Gasteiger partial charge in [0.15, 0.2) is 0 Å². The fourth-order valence-electron chi connectivity index (χ4n) is 0.640. The Bertz CT molecular complexity index is 146. The van der Waals surface area contributed by atoms with Gasteiger partial charge in [0.1, 0.15) is 0 Å². The normalized spacial score (nSPS) is 15.2. The first-order chi connectivity index (χ1) is 4.25. The molecule has 0 unspecified atom stereocenters. The van der Waals surface area contributed by atoms with Gasteiger partial charge >= 0.3 is 6.09 Å². The van der Waals surface area contributed by atoms with Gasteiger partial charge in [0.05, 0.1) is 0 Å². The third-order valence-electron chi connectivity index (χ3n) is 1.27. The van der Waals surface area contributed by atoms with E-state index in [9.17, 15) is 9.59 Å². The minimum absolute atomic E-state index is 0. The zero-order valence-corrected chi connectivity index (χ0v) is 6.00. The minimum Gasteiger partial charge on any atom is -0.465 e. The van der Waals surface area contributed by atoms with Crippen LogP contribution < -0.4 is 0 Å². The van der Waals surface area contributed by atoms with E-state index in [0.717, 1.165) is 17.7 Å². The summed E-state index contributed by atoms with van der Waals surface area (Å²) in [5.74, 6) is 0. The van der Waals surface area contributed by atoms with Crippen molar-refractivity contribution in [2.75, 3.05) is 0 Å². The number of carbonyl (C=O) groups is 2. The largest absolute Gasteiger partial charge is 0.465 e. The Morgan fingerprint density at radius 2 is 2.10 bits per heavy atom. The molecule has 0 spiro atoms. The van der Waals surface area contributed by atoms with Crippen molar-refractivity contribution in [3.63, 3.8) is 0 Å². The van der Waals surface area contributed by atoms with Crippen molar-refractivity contribution in [3.8, 4) is 0 Å². The number of carboxylic acid groups (broad SMARTS) is 1. The predicted molar refractivity (Wildman–Crippen MR) is 36.2 cm³/mol. The Labute approximate surface area is 64.2 Å². The van der Waals surface area contributed by atoms with E-state index in [1.165, 1.54) is 0 Å². The number of nitrogens with zero attached hydrogens (tertiary/aromatic N) is 1. The van der Waals surface area contributed by atoms with Gasteiger partial charge in [-0.05, 0) is 12.8 Å². The average molecular weight is 166 g/mol. The van der Waals surface area contributed by atoms with Crippen LogP contribution >= 0.6 is 12.4 Å². The Kier molecular flexibility index (Phi) is 3.15. The van der Waals surface area contributed by atoms with Gasteiger partial charge < -0.3 is 5.11 Å². The lowest BCUT2D eigenvalue weighted by atomic mass is 10.6. The molecule has 0 aromatic heterocycles. The highest BCUT2D eigenvalue weighted by molar-refractivity contribution is 5.85. The van der Waals surface area contributed by atoms with E-state index in [-0.39, 0.29) is 18.4 Å². The summed E-state index contributed by atoms with van der Waals surface area (Å²) in [6.07, 6.45) is 0.864. The van der Waals surface area contributed by atoms with Crippen molar-refractivity contribution in [1.29, 1.82) is 0 Å². The summed E-state index contributed by atoms with van der Waals surface area (Å²) in [4.78, 5) is 20.9. The topological polar surface area (TPSA) is 57.6 Å². The molecule has 0 aliphatic heterocycles. The maximum Gasteiger partial charge on any atom is 0.414 e. The van der Waals surface area contributed by atoms with E-state index in [0.29, 0.717) is 6.41 Å². The first-order valence-corrected chi connectivity index (χ1v) is 2.72. The van der Waals surface area contributed by atoms with Crippen LogP contribution in [0.1, 0.15) is 12.8 Å². The van der Waals surface area contributed by atoms with Crippen LogP contribution in [0.2, 0.25) is 0 Å². The molecule has 1 rings (SSSR count). The fraction of sp³-hybridized carbons (Fsp3) is 0.600. The predicted octanol–water partition coefficient (Wildman–Crippen LogP) is 0.707. The Balaban J connectivity index is 0.000000810. The molecule has 1 saturated carbocycles. The van der Waals surface area contributed by atoms with Crippen molar-refractivity contribution in [2.45, 2.75) is 18.9 Å². The summed E-state index contributed by atoms with van der Waals surface area (Å²) in [6.45, 7) is 0. The minimum atomic E-state index is -1.15. The van der Waals surface area contributed by atoms with Gasteiger partial charge in [-0.1, -0.05) is 0 Å². The molecule has 0 radical (unpaired) electrons. The molecule has 1 aliphatic rings. The van der Waals surface area contributed by atoms with Crippen LogP contribution in [0.5, 0.6) is 0 Å². The fourth-order valence-corrected chi connectivity index (χ4v) is 0.640. The number of rotatable bonds is 2. The van der Waals surface area contributed by atoms with E-state index in [2.05, 4.69) is 0 Å². The lowest BCUT2D eigenvalue weighted by Gasteiger charge is -2.07. The van der Waals surface area contributed by atoms with Crippen molar-refractivity contribution in [1.82, 2.24) is 4.90 Å². The van der Waals surface area contributed by atoms with Crippen LogP contribution in [0.15, 0.2) is 0 Å². The van der Waals surface area contributed by atoms with Crippen LogP contribution in [0.4, 0.5) is 4.79 Å². The second-order valence-corrected chi connectivity index (χ2v) is 2.03. The van der Waals surface area contributed by atoms with Crippen LogP contribution in [-0.4, -0.2) is 28.6 Å². The maximum atomic E-state index is 10.1. The standard InChI is InChI=1S/C5H7NO3.ClH/c7-3-6(5(8)9)4-1-2-4;/h3-4H,1-2H2,(H,8,9);1H. The molecule has 0 atom stereocenters. The van der Waals surface area contributed by atoms with E-state index < -0.39 is 6.09 Å². The molecular weight excluding hydrogens is 158 g/mol. The van der Waals surface area contributed by atoms with Crippen molar-refractivity contribution < 1.29 is 14.7 Å². The average Bonchev–Trinajstić information content (AvgIpc) is 2.50. The number of halogens is 1. The number of imide groups is 1. The molecule has 10 heavy (non-hydrogen) atoms. The Morgan fingerprint density at radius 1 is 1.60 bits per heavy atom. The van der Waals surface area contributed by atoms with Crippen LogP contribution in [0.25, 0.3) is 0 Å². The van der Waals surface area contributed by atoms with Gasteiger partial charge in [0.2, 0.25) is 6.41 Å². The van der Waals surface area contributed by atoms with Crippen LogP contribution in [0, 0.1) is 0 Å². The number of carbonyl (C=O) groups excluding carboxylic acids is 1. The summed E-state index contributed by atoms with van der Waals surface area (Å²) >= 11 is 0. The molecule has 0 aromatic rings. The quantitative estimate of drug-likeness (QED) is 0.613. The number of hydrogen-bond donors (Lipinski definition) is 1. The van der Waals surface area contributed by atoms with E-state index in [4.69, 9.17) is 5.11 Å².